The van der Waals surface area contributed by atoms with Gasteiger partial charge < -0.3 is 5.73 Å². The summed E-state index contributed by atoms with van der Waals surface area (Å²) < 4.78 is 24.4. The summed E-state index contributed by atoms with van der Waals surface area (Å²) in [5.41, 5.74) is 4.56. The molecule has 6 heteroatoms. The molecule has 2 N–H and O–H groups in total. The van der Waals surface area contributed by atoms with Gasteiger partial charge in [0.05, 0.1) is 5.56 Å². The molecule has 0 aromatic carbocycles. The van der Waals surface area contributed by atoms with Gasteiger partial charge in [-0.3, -0.25) is 4.79 Å². The molecule has 0 atom stereocenters. The van der Waals surface area contributed by atoms with E-state index in [1.165, 1.54) is 0 Å². The maximum atomic E-state index is 12.1. The van der Waals surface area contributed by atoms with Crippen LogP contribution in [0.1, 0.15) is 22.3 Å². The highest BCUT2D eigenvalue weighted by atomic mass is 79.9. The van der Waals surface area contributed by atoms with Crippen LogP contribution in [-0.2, 0) is 0 Å². The molecule has 0 aliphatic heterocycles. The SMILES string of the molecule is NC(=O)c1cc(C(F)F)cnc1Br. The maximum Gasteiger partial charge on any atom is 0.265 e. The molecule has 1 aromatic heterocycles. The van der Waals surface area contributed by atoms with Crippen LogP contribution in [0.2, 0.25) is 0 Å². The fourth-order valence-electron chi connectivity index (χ4n) is 0.756. The zero-order valence-corrected chi connectivity index (χ0v) is 7.88. The van der Waals surface area contributed by atoms with Crippen molar-refractivity contribution in [3.63, 3.8) is 0 Å². The highest BCUT2D eigenvalue weighted by Crippen LogP contribution is 2.22. The van der Waals surface area contributed by atoms with Crippen molar-refractivity contribution in [3.05, 3.63) is 28.0 Å². The molecule has 0 spiro atoms. The van der Waals surface area contributed by atoms with Gasteiger partial charge in [0.25, 0.3) is 12.3 Å². The fourth-order valence-corrected chi connectivity index (χ4v) is 1.17. The van der Waals surface area contributed by atoms with Crippen LogP contribution in [0.3, 0.4) is 0 Å². The van der Waals surface area contributed by atoms with E-state index in [1.807, 2.05) is 0 Å². The molecule has 0 unspecified atom stereocenters. The average molecular weight is 251 g/mol. The molecule has 0 saturated heterocycles. The highest BCUT2D eigenvalue weighted by Gasteiger charge is 2.13. The van der Waals surface area contributed by atoms with Crippen LogP contribution in [-0.4, -0.2) is 10.9 Å². The first-order valence-corrected chi connectivity index (χ1v) is 4.05. The number of nitrogens with two attached hydrogens (primary N) is 1. The van der Waals surface area contributed by atoms with E-state index in [4.69, 9.17) is 5.73 Å². The van der Waals surface area contributed by atoms with Gasteiger partial charge in [-0.2, -0.15) is 0 Å². The monoisotopic (exact) mass is 250 g/mol. The van der Waals surface area contributed by atoms with E-state index in [-0.39, 0.29) is 15.7 Å². The second kappa shape index (κ2) is 3.78. The van der Waals surface area contributed by atoms with Crippen molar-refractivity contribution in [2.24, 2.45) is 5.73 Å². The van der Waals surface area contributed by atoms with Crippen molar-refractivity contribution < 1.29 is 13.6 Å². The molecule has 70 valence electrons. The maximum absolute atomic E-state index is 12.1. The van der Waals surface area contributed by atoms with Crippen molar-refractivity contribution in [2.75, 3.05) is 0 Å². The number of primary amides is 1. The van der Waals surface area contributed by atoms with E-state index in [1.54, 1.807) is 0 Å². The van der Waals surface area contributed by atoms with Gasteiger partial charge in [0.15, 0.2) is 0 Å². The molecule has 0 bridgehead atoms. The summed E-state index contributed by atoms with van der Waals surface area (Å²) in [4.78, 5) is 14.3. The first kappa shape index (κ1) is 10.0. The molecule has 1 rings (SSSR count). The Morgan fingerprint density at radius 3 is 2.69 bits per heavy atom. The highest BCUT2D eigenvalue weighted by molar-refractivity contribution is 9.10. The Bertz CT molecular complexity index is 343. The molecular formula is C7H5BrF2N2O. The van der Waals surface area contributed by atoms with E-state index >= 15 is 0 Å². The minimum Gasteiger partial charge on any atom is -0.366 e. The minimum atomic E-state index is -2.65. The standard InChI is InChI=1S/C7H5BrF2N2O/c8-5-4(7(11)13)1-3(2-12-5)6(9)10/h1-2,6H,(H2,11,13). The first-order chi connectivity index (χ1) is 6.02. The summed E-state index contributed by atoms with van der Waals surface area (Å²) in [5, 5.41) is 0. The van der Waals surface area contributed by atoms with Gasteiger partial charge in [-0.25, -0.2) is 13.8 Å². The Morgan fingerprint density at radius 1 is 1.62 bits per heavy atom. The second-order valence-corrected chi connectivity index (χ2v) is 3.02. The zero-order valence-electron chi connectivity index (χ0n) is 6.30. The second-order valence-electron chi connectivity index (χ2n) is 2.27. The van der Waals surface area contributed by atoms with E-state index in [0.29, 0.717) is 0 Å². The van der Waals surface area contributed by atoms with Gasteiger partial charge in [-0.1, -0.05) is 0 Å². The third-order valence-electron chi connectivity index (χ3n) is 1.38. The summed E-state index contributed by atoms with van der Waals surface area (Å²) in [6, 6.07) is 1.02. The van der Waals surface area contributed by atoms with E-state index in [2.05, 4.69) is 20.9 Å². The van der Waals surface area contributed by atoms with Gasteiger partial charge in [-0.15, -0.1) is 0 Å². The summed E-state index contributed by atoms with van der Waals surface area (Å²) in [7, 11) is 0. The number of carbonyl (C=O) groups excluding carboxylic acids is 1. The Labute approximate surface area is 81.1 Å². The van der Waals surface area contributed by atoms with Gasteiger partial charge in [0.2, 0.25) is 0 Å². The van der Waals surface area contributed by atoms with Crippen molar-refractivity contribution in [3.8, 4) is 0 Å². The third kappa shape index (κ3) is 2.21. The number of hydrogen-bond donors (Lipinski definition) is 1. The van der Waals surface area contributed by atoms with Crippen molar-refractivity contribution in [2.45, 2.75) is 6.43 Å². The van der Waals surface area contributed by atoms with Gasteiger partial charge in [-0.05, 0) is 22.0 Å². The lowest BCUT2D eigenvalue weighted by Crippen LogP contribution is -2.13. The number of carbonyl (C=O) groups is 1. The minimum absolute atomic E-state index is 0.0437. The molecule has 0 aliphatic rings. The van der Waals surface area contributed by atoms with Crippen molar-refractivity contribution in [1.29, 1.82) is 0 Å². The number of rotatable bonds is 2. The number of nitrogens with zero attached hydrogens (tertiary/aromatic N) is 1. The molecule has 1 aromatic rings. The lowest BCUT2D eigenvalue weighted by atomic mass is 10.2. The Hall–Kier alpha value is -1.04. The summed E-state index contributed by atoms with van der Waals surface area (Å²) in [5.74, 6) is -0.790. The topological polar surface area (TPSA) is 56.0 Å². The molecule has 0 saturated carbocycles. The number of aromatic nitrogens is 1. The predicted molar refractivity (Wildman–Crippen MR) is 45.4 cm³/mol. The molecule has 1 heterocycles. The fraction of sp³-hybridized carbons (Fsp3) is 0.143. The largest absolute Gasteiger partial charge is 0.366 e. The van der Waals surface area contributed by atoms with Crippen LogP contribution >= 0.6 is 15.9 Å². The van der Waals surface area contributed by atoms with Gasteiger partial charge >= 0.3 is 0 Å². The molecular weight excluding hydrogens is 246 g/mol. The Balaban J connectivity index is 3.19. The van der Waals surface area contributed by atoms with E-state index < -0.39 is 12.3 Å². The zero-order chi connectivity index (χ0) is 10.0. The molecule has 0 radical (unpaired) electrons. The molecule has 0 aliphatic carbocycles. The lowest BCUT2D eigenvalue weighted by Gasteiger charge is -2.02. The van der Waals surface area contributed by atoms with Crippen molar-refractivity contribution in [1.82, 2.24) is 4.98 Å². The first-order valence-electron chi connectivity index (χ1n) is 3.25. The van der Waals surface area contributed by atoms with E-state index in [0.717, 1.165) is 12.3 Å². The van der Waals surface area contributed by atoms with Crippen molar-refractivity contribution >= 4 is 21.8 Å². The summed E-state index contributed by atoms with van der Waals surface area (Å²) in [6.45, 7) is 0. The van der Waals surface area contributed by atoms with Gasteiger partial charge in [0.1, 0.15) is 4.60 Å². The number of hydrogen-bond acceptors (Lipinski definition) is 2. The molecule has 13 heavy (non-hydrogen) atoms. The Kier molecular flexibility index (Phi) is 2.92. The van der Waals surface area contributed by atoms with Crippen LogP contribution < -0.4 is 5.73 Å². The predicted octanol–water partition coefficient (Wildman–Crippen LogP) is 1.88. The van der Waals surface area contributed by atoms with E-state index in [9.17, 15) is 13.6 Å². The van der Waals surface area contributed by atoms with Crippen LogP contribution in [0, 0.1) is 0 Å². The van der Waals surface area contributed by atoms with Gasteiger partial charge in [0, 0.05) is 11.8 Å². The molecule has 0 fully saturated rings. The number of halogens is 3. The smallest absolute Gasteiger partial charge is 0.265 e. The van der Waals surface area contributed by atoms with Crippen LogP contribution in [0.5, 0.6) is 0 Å². The number of amides is 1. The summed E-state index contributed by atoms with van der Waals surface area (Å²) in [6.07, 6.45) is -1.67. The average Bonchev–Trinajstić information content (AvgIpc) is 2.04. The van der Waals surface area contributed by atoms with Crippen LogP contribution in [0.15, 0.2) is 16.9 Å². The summed E-state index contributed by atoms with van der Waals surface area (Å²) >= 11 is 2.92. The molecule has 3 nitrogen and oxygen atoms in total. The number of pyridine rings is 1. The quantitative estimate of drug-likeness (QED) is 0.816. The third-order valence-corrected chi connectivity index (χ3v) is 2.01. The molecule has 1 amide bonds. The number of alkyl halides is 2. The van der Waals surface area contributed by atoms with Crippen LogP contribution in [0.25, 0.3) is 0 Å². The Morgan fingerprint density at radius 2 is 2.23 bits per heavy atom. The lowest BCUT2D eigenvalue weighted by molar-refractivity contribution is 0.0998. The van der Waals surface area contributed by atoms with Crippen LogP contribution in [0.4, 0.5) is 8.78 Å². The normalized spacial score (nSPS) is 10.5.